The van der Waals surface area contributed by atoms with E-state index in [0.29, 0.717) is 24.5 Å². The third kappa shape index (κ3) is 4.49. The van der Waals surface area contributed by atoms with Crippen LogP contribution >= 0.6 is 11.6 Å². The van der Waals surface area contributed by atoms with Gasteiger partial charge in [-0.2, -0.15) is 15.0 Å². The van der Waals surface area contributed by atoms with Crippen LogP contribution in [0.2, 0.25) is 5.28 Å². The van der Waals surface area contributed by atoms with Crippen molar-refractivity contribution in [2.24, 2.45) is 5.92 Å². The zero-order chi connectivity index (χ0) is 13.7. The number of hydrogen-bond acceptors (Lipinski definition) is 5. The van der Waals surface area contributed by atoms with E-state index < -0.39 is 0 Å². The van der Waals surface area contributed by atoms with Crippen molar-refractivity contribution in [1.82, 2.24) is 15.0 Å². The highest BCUT2D eigenvalue weighted by Gasteiger charge is 2.14. The van der Waals surface area contributed by atoms with Crippen molar-refractivity contribution in [1.29, 1.82) is 0 Å². The highest BCUT2D eigenvalue weighted by Crippen LogP contribution is 2.23. The fourth-order valence-electron chi connectivity index (χ4n) is 2.31. The summed E-state index contributed by atoms with van der Waals surface area (Å²) in [4.78, 5) is 14.1. The molecule has 106 valence electrons. The van der Waals surface area contributed by atoms with Gasteiger partial charge >= 0.3 is 6.01 Å². The molecule has 19 heavy (non-hydrogen) atoms. The molecular weight excluding hydrogens is 264 g/mol. The summed E-state index contributed by atoms with van der Waals surface area (Å²) >= 11 is 5.87. The Labute approximate surface area is 119 Å². The molecular formula is C13H21ClN4O. The SMILES string of the molecule is CN(C)c1nc(Cl)nc(OCC2CCCCCC2)n1. The average Bonchev–Trinajstić information content (AvgIpc) is 2.64. The molecule has 1 fully saturated rings. The van der Waals surface area contributed by atoms with Crippen molar-refractivity contribution in [3.63, 3.8) is 0 Å². The van der Waals surface area contributed by atoms with Gasteiger partial charge in [-0.05, 0) is 30.4 Å². The molecule has 0 bridgehead atoms. The molecule has 0 unspecified atom stereocenters. The van der Waals surface area contributed by atoms with Crippen LogP contribution in [0.25, 0.3) is 0 Å². The second kappa shape index (κ2) is 6.89. The third-order valence-electron chi connectivity index (χ3n) is 3.40. The topological polar surface area (TPSA) is 51.1 Å². The Morgan fingerprint density at radius 2 is 1.79 bits per heavy atom. The average molecular weight is 285 g/mol. The Morgan fingerprint density at radius 1 is 1.11 bits per heavy atom. The lowest BCUT2D eigenvalue weighted by Gasteiger charge is -2.15. The third-order valence-corrected chi connectivity index (χ3v) is 3.57. The fourth-order valence-corrected chi connectivity index (χ4v) is 2.46. The number of nitrogens with zero attached hydrogens (tertiary/aromatic N) is 4. The fraction of sp³-hybridized carbons (Fsp3) is 0.769. The summed E-state index contributed by atoms with van der Waals surface area (Å²) in [6, 6.07) is 0.327. The minimum Gasteiger partial charge on any atom is -0.463 e. The molecule has 1 saturated carbocycles. The molecule has 0 amide bonds. The molecule has 0 aliphatic heterocycles. The summed E-state index contributed by atoms with van der Waals surface area (Å²) in [5.74, 6) is 1.14. The van der Waals surface area contributed by atoms with E-state index in [9.17, 15) is 0 Å². The highest BCUT2D eigenvalue weighted by atomic mass is 35.5. The summed E-state index contributed by atoms with van der Waals surface area (Å²) in [6.07, 6.45) is 7.76. The van der Waals surface area contributed by atoms with E-state index >= 15 is 0 Å². The lowest BCUT2D eigenvalue weighted by molar-refractivity contribution is 0.217. The Morgan fingerprint density at radius 3 is 2.42 bits per heavy atom. The molecule has 2 rings (SSSR count). The van der Waals surface area contributed by atoms with E-state index in [2.05, 4.69) is 15.0 Å². The van der Waals surface area contributed by atoms with Gasteiger partial charge in [0, 0.05) is 14.1 Å². The maximum absolute atomic E-state index is 5.87. The maximum Gasteiger partial charge on any atom is 0.322 e. The Hall–Kier alpha value is -1.10. The summed E-state index contributed by atoms with van der Waals surface area (Å²) in [5, 5.41) is 0.176. The van der Waals surface area contributed by atoms with E-state index in [1.807, 2.05) is 14.1 Å². The van der Waals surface area contributed by atoms with E-state index in [1.165, 1.54) is 38.5 Å². The minimum absolute atomic E-state index is 0.176. The first-order chi connectivity index (χ1) is 9.15. The second-order valence-electron chi connectivity index (χ2n) is 5.25. The quantitative estimate of drug-likeness (QED) is 0.796. The summed E-state index contributed by atoms with van der Waals surface area (Å²) in [5.41, 5.74) is 0. The van der Waals surface area contributed by atoms with Gasteiger partial charge in [0.05, 0.1) is 6.61 Å². The molecule has 1 aliphatic rings. The van der Waals surface area contributed by atoms with Crippen LogP contribution in [0.1, 0.15) is 38.5 Å². The molecule has 1 heterocycles. The normalized spacial score (nSPS) is 17.0. The van der Waals surface area contributed by atoms with Gasteiger partial charge in [-0.1, -0.05) is 25.7 Å². The molecule has 1 aromatic heterocycles. The smallest absolute Gasteiger partial charge is 0.322 e. The van der Waals surface area contributed by atoms with Gasteiger partial charge in [0.15, 0.2) is 0 Å². The molecule has 0 radical (unpaired) electrons. The lowest BCUT2D eigenvalue weighted by atomic mass is 10.0. The Bertz CT molecular complexity index is 406. The number of ether oxygens (including phenoxy) is 1. The zero-order valence-electron chi connectivity index (χ0n) is 11.6. The molecule has 6 heteroatoms. The second-order valence-corrected chi connectivity index (χ2v) is 5.59. The summed E-state index contributed by atoms with van der Waals surface area (Å²) < 4.78 is 5.70. The molecule has 0 spiro atoms. The highest BCUT2D eigenvalue weighted by molar-refractivity contribution is 6.28. The van der Waals surface area contributed by atoms with Crippen LogP contribution in [0, 0.1) is 5.92 Å². The number of hydrogen-bond donors (Lipinski definition) is 0. The minimum atomic E-state index is 0.176. The Balaban J connectivity index is 1.94. The first kappa shape index (κ1) is 14.3. The van der Waals surface area contributed by atoms with Crippen LogP contribution in [0.5, 0.6) is 6.01 Å². The van der Waals surface area contributed by atoms with Crippen molar-refractivity contribution in [3.8, 4) is 6.01 Å². The van der Waals surface area contributed by atoms with Crippen LogP contribution < -0.4 is 9.64 Å². The predicted molar refractivity (Wildman–Crippen MR) is 75.9 cm³/mol. The largest absolute Gasteiger partial charge is 0.463 e. The molecule has 5 nitrogen and oxygen atoms in total. The van der Waals surface area contributed by atoms with E-state index in [1.54, 1.807) is 4.90 Å². The summed E-state index contributed by atoms with van der Waals surface area (Å²) in [6.45, 7) is 0.674. The van der Waals surface area contributed by atoms with Crippen molar-refractivity contribution < 1.29 is 4.74 Å². The van der Waals surface area contributed by atoms with Crippen LogP contribution in [-0.4, -0.2) is 35.7 Å². The van der Waals surface area contributed by atoms with Crippen LogP contribution in [0.4, 0.5) is 5.95 Å². The number of rotatable bonds is 4. The first-order valence-corrected chi connectivity index (χ1v) is 7.24. The van der Waals surface area contributed by atoms with Gasteiger partial charge < -0.3 is 9.64 Å². The van der Waals surface area contributed by atoms with Crippen molar-refractivity contribution in [2.45, 2.75) is 38.5 Å². The molecule has 1 aliphatic carbocycles. The predicted octanol–water partition coefficient (Wildman–Crippen LogP) is 2.94. The molecule has 1 aromatic rings. The maximum atomic E-state index is 5.87. The van der Waals surface area contributed by atoms with Gasteiger partial charge in [-0.15, -0.1) is 0 Å². The molecule has 0 atom stereocenters. The Kier molecular flexibility index (Phi) is 5.19. The van der Waals surface area contributed by atoms with Crippen molar-refractivity contribution >= 4 is 17.5 Å². The van der Waals surface area contributed by atoms with Gasteiger partial charge in [0.1, 0.15) is 0 Å². The van der Waals surface area contributed by atoms with Gasteiger partial charge in [0.2, 0.25) is 11.2 Å². The van der Waals surface area contributed by atoms with Crippen molar-refractivity contribution in [3.05, 3.63) is 5.28 Å². The lowest BCUT2D eigenvalue weighted by Crippen LogP contribution is -2.16. The summed E-state index contributed by atoms with van der Waals surface area (Å²) in [7, 11) is 3.72. The van der Waals surface area contributed by atoms with E-state index in [-0.39, 0.29) is 5.28 Å². The first-order valence-electron chi connectivity index (χ1n) is 6.87. The van der Waals surface area contributed by atoms with Crippen LogP contribution in [0.15, 0.2) is 0 Å². The molecule has 0 saturated heterocycles. The van der Waals surface area contributed by atoms with Gasteiger partial charge in [0.25, 0.3) is 0 Å². The number of halogens is 1. The van der Waals surface area contributed by atoms with Crippen molar-refractivity contribution in [2.75, 3.05) is 25.6 Å². The monoisotopic (exact) mass is 284 g/mol. The zero-order valence-corrected chi connectivity index (χ0v) is 12.4. The van der Waals surface area contributed by atoms with Gasteiger partial charge in [-0.3, -0.25) is 0 Å². The van der Waals surface area contributed by atoms with Crippen LogP contribution in [-0.2, 0) is 0 Å². The van der Waals surface area contributed by atoms with Crippen LogP contribution in [0.3, 0.4) is 0 Å². The van der Waals surface area contributed by atoms with E-state index in [0.717, 1.165) is 0 Å². The van der Waals surface area contributed by atoms with Gasteiger partial charge in [-0.25, -0.2) is 0 Å². The van der Waals surface area contributed by atoms with E-state index in [4.69, 9.17) is 16.3 Å². The number of anilines is 1. The molecule has 0 aromatic carbocycles. The number of aromatic nitrogens is 3. The molecule has 0 N–H and O–H groups in total. The standard InChI is InChI=1S/C13H21ClN4O/c1-18(2)12-15-11(14)16-13(17-12)19-9-10-7-5-3-4-6-8-10/h10H,3-9H2,1-2H3.